The quantitative estimate of drug-likeness (QED) is 0.144. The van der Waals surface area contributed by atoms with Crippen LogP contribution < -0.4 is 19.5 Å². The molecule has 0 spiro atoms. The Balaban J connectivity index is 1.70. The van der Waals surface area contributed by atoms with Gasteiger partial charge in [-0.15, -0.1) is 0 Å². The molecule has 0 bridgehead atoms. The third-order valence-corrected chi connectivity index (χ3v) is 7.33. The number of nitrogens with zero attached hydrogens (tertiary/aromatic N) is 1. The molecule has 1 atom stereocenters. The topological polar surface area (TPSA) is 175 Å². The van der Waals surface area contributed by atoms with Crippen LogP contribution in [0, 0.1) is 17.0 Å². The van der Waals surface area contributed by atoms with Crippen LogP contribution in [-0.4, -0.2) is 53.3 Å². The van der Waals surface area contributed by atoms with E-state index in [0.717, 1.165) is 6.08 Å². The van der Waals surface area contributed by atoms with E-state index in [1.54, 1.807) is 0 Å². The number of Topliss-reactive ketones (excluding diaryl/α,β-unsaturated/α-hetero) is 2. The van der Waals surface area contributed by atoms with Gasteiger partial charge in [-0.25, -0.2) is 0 Å². The van der Waals surface area contributed by atoms with Crippen molar-refractivity contribution in [1.82, 2.24) is 5.32 Å². The molecule has 210 valence electrons. The van der Waals surface area contributed by atoms with Crippen LogP contribution in [0.5, 0.6) is 28.7 Å². The van der Waals surface area contributed by atoms with Crippen molar-refractivity contribution in [3.8, 4) is 28.7 Å². The summed E-state index contributed by atoms with van der Waals surface area (Å²) in [6, 6.07) is 2.76. The highest BCUT2D eigenvalue weighted by Crippen LogP contribution is 2.57. The first kappa shape index (κ1) is 28.1. The van der Waals surface area contributed by atoms with Gasteiger partial charge in [0, 0.05) is 29.4 Å². The maximum Gasteiger partial charge on any atom is 0.276 e. The Labute approximate surface area is 229 Å². The van der Waals surface area contributed by atoms with Crippen LogP contribution >= 0.6 is 0 Å². The van der Waals surface area contributed by atoms with Gasteiger partial charge in [0.1, 0.15) is 34.0 Å². The van der Waals surface area contributed by atoms with Crippen LogP contribution in [0.4, 0.5) is 5.69 Å². The number of benzene rings is 2. The predicted octanol–water partition coefficient (Wildman–Crippen LogP) is 3.33. The molecule has 0 unspecified atom stereocenters. The predicted molar refractivity (Wildman–Crippen MR) is 141 cm³/mol. The van der Waals surface area contributed by atoms with Gasteiger partial charge in [-0.3, -0.25) is 24.5 Å². The number of allylic oxidation sites excluding steroid dienone is 4. The van der Waals surface area contributed by atoms with E-state index in [-0.39, 0.29) is 63.9 Å². The lowest BCUT2D eigenvalue weighted by Crippen LogP contribution is -2.41. The lowest BCUT2D eigenvalue weighted by molar-refractivity contribution is -0.385. The van der Waals surface area contributed by atoms with Crippen LogP contribution in [0.2, 0.25) is 0 Å². The highest BCUT2D eigenvalue weighted by Gasteiger charge is 2.56. The number of nitro benzene ring substituents is 1. The fourth-order valence-electron chi connectivity index (χ4n) is 5.12. The monoisotopic (exact) mass is 552 g/mol. The molecular weight excluding hydrogens is 524 g/mol. The Kier molecular flexibility index (Phi) is 7.05. The Bertz CT molecular complexity index is 1570. The van der Waals surface area contributed by atoms with Gasteiger partial charge in [-0.2, -0.15) is 0 Å². The number of nitrogens with one attached hydrogen (secondary N) is 1. The van der Waals surface area contributed by atoms with E-state index in [1.165, 1.54) is 54.0 Å². The molecule has 12 nitrogen and oxygen atoms in total. The average molecular weight is 553 g/mol. The average Bonchev–Trinajstić information content (AvgIpc) is 3.19. The summed E-state index contributed by atoms with van der Waals surface area (Å²) in [7, 11) is 2.78. The van der Waals surface area contributed by atoms with Gasteiger partial charge < -0.3 is 29.7 Å². The second-order valence-corrected chi connectivity index (χ2v) is 9.66. The summed E-state index contributed by atoms with van der Waals surface area (Å²) in [6.07, 6.45) is 1.27. The van der Waals surface area contributed by atoms with E-state index in [1.807, 2.05) is 0 Å². The molecule has 40 heavy (non-hydrogen) atoms. The molecule has 3 N–H and O–H groups in total. The summed E-state index contributed by atoms with van der Waals surface area (Å²) in [5.74, 6) is -2.49. The molecule has 2 aromatic rings. The largest absolute Gasteiger partial charge is 0.507 e. The zero-order valence-electron chi connectivity index (χ0n) is 22.8. The molecule has 12 heteroatoms. The normalized spacial score (nSPS) is 18.8. The van der Waals surface area contributed by atoms with Crippen molar-refractivity contribution in [1.29, 1.82) is 0 Å². The van der Waals surface area contributed by atoms with Gasteiger partial charge >= 0.3 is 0 Å². The van der Waals surface area contributed by atoms with E-state index >= 15 is 0 Å². The van der Waals surface area contributed by atoms with Crippen LogP contribution in [0.25, 0.3) is 0 Å². The molecule has 0 radical (unpaired) electrons. The van der Waals surface area contributed by atoms with Crippen molar-refractivity contribution in [2.75, 3.05) is 20.8 Å². The van der Waals surface area contributed by atoms with E-state index in [9.17, 15) is 34.7 Å². The molecule has 0 aromatic heterocycles. The number of carbonyl (C=O) groups is 3. The smallest absolute Gasteiger partial charge is 0.276 e. The van der Waals surface area contributed by atoms with Crippen molar-refractivity contribution in [2.45, 2.75) is 39.5 Å². The number of nitro groups is 1. The molecule has 0 saturated carbocycles. The Hall–Kier alpha value is -4.87. The minimum absolute atomic E-state index is 0.00313. The van der Waals surface area contributed by atoms with Crippen molar-refractivity contribution < 1.29 is 43.7 Å². The first-order chi connectivity index (χ1) is 18.8. The van der Waals surface area contributed by atoms with Gasteiger partial charge in [0.2, 0.25) is 0 Å². The fourth-order valence-corrected chi connectivity index (χ4v) is 5.12. The number of hydrogen-bond acceptors (Lipinski definition) is 11. The Morgan fingerprint density at radius 1 is 1.12 bits per heavy atom. The van der Waals surface area contributed by atoms with E-state index < -0.39 is 39.2 Å². The summed E-state index contributed by atoms with van der Waals surface area (Å²) in [6.45, 7) is 5.73. The Morgan fingerprint density at radius 2 is 1.75 bits per heavy atom. The van der Waals surface area contributed by atoms with Crippen LogP contribution in [0.3, 0.4) is 0 Å². The summed E-state index contributed by atoms with van der Waals surface area (Å²) >= 11 is 0. The number of phenols is 2. The number of carbonyl (C=O) groups excluding carboxylic acids is 3. The molecule has 4 rings (SSSR count). The lowest BCUT2D eigenvalue weighted by atomic mass is 9.70. The number of ether oxygens (including phenoxy) is 3. The summed E-state index contributed by atoms with van der Waals surface area (Å²) in [4.78, 5) is 50.4. The maximum atomic E-state index is 13.9. The highest BCUT2D eigenvalue weighted by molar-refractivity contribution is 6.31. The fraction of sp³-hybridized carbons (Fsp3) is 0.321. The van der Waals surface area contributed by atoms with Crippen molar-refractivity contribution in [2.24, 2.45) is 0 Å². The number of ketones is 3. The number of rotatable bonds is 8. The third kappa shape index (κ3) is 4.12. The number of aromatic hydroxyl groups is 2. The minimum atomic E-state index is -1.64. The van der Waals surface area contributed by atoms with E-state index in [0.29, 0.717) is 11.3 Å². The molecule has 0 saturated heterocycles. The van der Waals surface area contributed by atoms with Gasteiger partial charge in [-0.1, -0.05) is 0 Å². The first-order valence-corrected chi connectivity index (χ1v) is 12.2. The summed E-state index contributed by atoms with van der Waals surface area (Å²) < 4.78 is 16.2. The van der Waals surface area contributed by atoms with Gasteiger partial charge in [-0.05, 0) is 40.2 Å². The number of fused-ring (bicyclic) bond motifs is 3. The van der Waals surface area contributed by atoms with E-state index in [4.69, 9.17) is 14.2 Å². The number of phenolic OH excluding ortho intramolecular Hbond substituents is 2. The van der Waals surface area contributed by atoms with E-state index in [2.05, 4.69) is 5.32 Å². The molecule has 1 heterocycles. The van der Waals surface area contributed by atoms with Crippen LogP contribution in [0.1, 0.15) is 47.8 Å². The van der Waals surface area contributed by atoms with Crippen molar-refractivity contribution in [3.05, 3.63) is 67.6 Å². The van der Waals surface area contributed by atoms with Crippen molar-refractivity contribution >= 4 is 23.0 Å². The number of methoxy groups -OCH3 is 2. The summed E-state index contributed by atoms with van der Waals surface area (Å²) in [5.41, 5.74) is -1.66. The molecule has 0 amide bonds. The van der Waals surface area contributed by atoms with Crippen LogP contribution in [0.15, 0.2) is 35.2 Å². The SMILES string of the molecule is COc1cc(CCN/C(C)=C2\C(=O)C=C3Oc4c(C(C)=O)c(O)c(C)c(O)c4[C@]3(C)C2=O)c([N+](=O)[O-])cc1OC. The highest BCUT2D eigenvalue weighted by atomic mass is 16.6. The second-order valence-electron chi connectivity index (χ2n) is 9.66. The second kappa shape index (κ2) is 10.0. The molecule has 1 aliphatic carbocycles. The van der Waals surface area contributed by atoms with Crippen molar-refractivity contribution in [3.63, 3.8) is 0 Å². The standard InChI is InChI=1S/C28H28N2O10/c1-12-24(33)22(14(3)31)26-23(25(12)34)28(4)20(40-26)11-17(32)21(27(28)35)13(2)29-8-7-15-9-18(38-5)19(39-6)10-16(15)30(36)37/h9-11,29,33-34H,7-8H2,1-6H3/b21-13+/t28-/m1/s1. The molecule has 2 aliphatic rings. The minimum Gasteiger partial charge on any atom is -0.507 e. The zero-order valence-corrected chi connectivity index (χ0v) is 22.8. The number of hydrogen-bond donors (Lipinski definition) is 3. The lowest BCUT2D eigenvalue weighted by Gasteiger charge is -2.29. The maximum absolute atomic E-state index is 13.9. The zero-order chi connectivity index (χ0) is 29.7. The molecule has 1 aliphatic heterocycles. The Morgan fingerprint density at radius 3 is 2.33 bits per heavy atom. The van der Waals surface area contributed by atoms with Gasteiger partial charge in [0.15, 0.2) is 28.8 Å². The summed E-state index contributed by atoms with van der Waals surface area (Å²) in [5, 5.41) is 36.0. The molecular formula is C28H28N2O10. The molecule has 2 aromatic carbocycles. The van der Waals surface area contributed by atoms with Gasteiger partial charge in [0.05, 0.1) is 36.3 Å². The van der Waals surface area contributed by atoms with Crippen LogP contribution in [-0.2, 0) is 21.4 Å². The molecule has 0 fully saturated rings. The van der Waals surface area contributed by atoms with Gasteiger partial charge in [0.25, 0.3) is 5.69 Å². The first-order valence-electron chi connectivity index (χ1n) is 12.2. The third-order valence-electron chi connectivity index (χ3n) is 7.33.